The van der Waals surface area contributed by atoms with E-state index in [1.807, 2.05) is 76.2 Å². The molecule has 0 aliphatic rings. The smallest absolute Gasteiger partial charge is 0.408 e. The van der Waals surface area contributed by atoms with Crippen molar-refractivity contribution in [1.82, 2.24) is 10.2 Å². The predicted octanol–water partition coefficient (Wildman–Crippen LogP) is 5.38. The zero-order valence-corrected chi connectivity index (χ0v) is 22.1. The Bertz CT molecular complexity index is 1030. The fourth-order valence-electron chi connectivity index (χ4n) is 3.73. The number of aryl methyl sites for hydroxylation is 2. The fourth-order valence-corrected chi connectivity index (χ4v) is 3.73. The lowest BCUT2D eigenvalue weighted by atomic mass is 9.99. The van der Waals surface area contributed by atoms with Crippen LogP contribution in [0.5, 0.6) is 0 Å². The normalized spacial score (nSPS) is 13.1. The van der Waals surface area contributed by atoms with Gasteiger partial charge in [0.15, 0.2) is 0 Å². The Morgan fingerprint density at radius 1 is 0.971 bits per heavy atom. The summed E-state index contributed by atoms with van der Waals surface area (Å²) >= 11 is 0. The largest absolute Gasteiger partial charge is 0.444 e. The Labute approximate surface area is 209 Å². The van der Waals surface area contributed by atoms with Crippen molar-refractivity contribution in [2.75, 3.05) is 12.4 Å². The standard InChI is InChI=1S/C28H39N3O4/c1-18(2)17-23(30-27(34)35-28(5,6)7)26(33)31(8)24(21-15-13-19(3)14-16-21)25(32)29-22-12-10-9-11-20(22)4/h9-16,18,23-24H,17H2,1-8H3,(H,29,32)(H,30,34). The van der Waals surface area contributed by atoms with Crippen LogP contribution >= 0.6 is 0 Å². The number of amides is 3. The molecule has 0 fully saturated rings. The second kappa shape index (κ2) is 11.9. The topological polar surface area (TPSA) is 87.7 Å². The molecule has 7 nitrogen and oxygen atoms in total. The van der Waals surface area contributed by atoms with E-state index in [9.17, 15) is 14.4 Å². The van der Waals surface area contributed by atoms with Gasteiger partial charge in [0.2, 0.25) is 5.91 Å². The van der Waals surface area contributed by atoms with Crippen molar-refractivity contribution in [3.05, 3.63) is 65.2 Å². The van der Waals surface area contributed by atoms with Crippen molar-refractivity contribution in [2.45, 2.75) is 72.6 Å². The first-order chi connectivity index (χ1) is 16.3. The van der Waals surface area contributed by atoms with Gasteiger partial charge in [0, 0.05) is 12.7 Å². The SMILES string of the molecule is Cc1ccc(C(C(=O)Nc2ccccc2C)N(C)C(=O)C(CC(C)C)NC(=O)OC(C)(C)C)cc1. The minimum atomic E-state index is -0.891. The average molecular weight is 482 g/mol. The first-order valence-electron chi connectivity index (χ1n) is 12.0. The highest BCUT2D eigenvalue weighted by atomic mass is 16.6. The van der Waals surface area contributed by atoms with E-state index in [1.54, 1.807) is 27.8 Å². The molecule has 3 amide bonds. The molecule has 35 heavy (non-hydrogen) atoms. The Kier molecular flexibility index (Phi) is 9.46. The van der Waals surface area contributed by atoms with E-state index in [2.05, 4.69) is 10.6 Å². The summed E-state index contributed by atoms with van der Waals surface area (Å²) < 4.78 is 5.38. The van der Waals surface area contributed by atoms with E-state index in [4.69, 9.17) is 4.74 Å². The van der Waals surface area contributed by atoms with Crippen molar-refractivity contribution >= 4 is 23.6 Å². The van der Waals surface area contributed by atoms with Gasteiger partial charge in [-0.1, -0.05) is 61.9 Å². The van der Waals surface area contributed by atoms with Crippen LogP contribution < -0.4 is 10.6 Å². The van der Waals surface area contributed by atoms with Crippen LogP contribution in [0.3, 0.4) is 0 Å². The lowest BCUT2D eigenvalue weighted by Gasteiger charge is -2.32. The number of hydrogen-bond donors (Lipinski definition) is 2. The molecule has 0 saturated heterocycles. The highest BCUT2D eigenvalue weighted by molar-refractivity contribution is 5.99. The van der Waals surface area contributed by atoms with Gasteiger partial charge in [-0.25, -0.2) is 4.79 Å². The molecule has 190 valence electrons. The molecular weight excluding hydrogens is 442 g/mol. The molecule has 0 radical (unpaired) electrons. The first-order valence-corrected chi connectivity index (χ1v) is 12.0. The van der Waals surface area contributed by atoms with Gasteiger partial charge in [-0.15, -0.1) is 0 Å². The van der Waals surface area contributed by atoms with Crippen LogP contribution in [0.4, 0.5) is 10.5 Å². The highest BCUT2D eigenvalue weighted by Crippen LogP contribution is 2.25. The number of para-hydroxylation sites is 1. The molecule has 0 aromatic heterocycles. The van der Waals surface area contributed by atoms with Gasteiger partial charge in [-0.2, -0.15) is 0 Å². The number of nitrogens with zero attached hydrogens (tertiary/aromatic N) is 1. The third-order valence-corrected chi connectivity index (χ3v) is 5.48. The van der Waals surface area contributed by atoms with Crippen LogP contribution in [0.15, 0.2) is 48.5 Å². The van der Waals surface area contributed by atoms with Crippen molar-refractivity contribution in [3.63, 3.8) is 0 Å². The molecule has 2 aromatic carbocycles. The fraction of sp³-hybridized carbons (Fsp3) is 0.464. The number of hydrogen-bond acceptors (Lipinski definition) is 4. The summed E-state index contributed by atoms with van der Waals surface area (Å²) in [6.45, 7) is 13.1. The molecule has 0 heterocycles. The molecule has 0 aliphatic carbocycles. The summed E-state index contributed by atoms with van der Waals surface area (Å²) in [5, 5.41) is 5.68. The molecule has 0 aliphatic heterocycles. The molecule has 0 spiro atoms. The van der Waals surface area contributed by atoms with Gasteiger partial charge in [0.25, 0.3) is 5.91 Å². The maximum atomic E-state index is 13.7. The number of carbonyl (C=O) groups excluding carboxylic acids is 3. The zero-order chi connectivity index (χ0) is 26.3. The number of nitrogens with one attached hydrogen (secondary N) is 2. The van der Waals surface area contributed by atoms with Crippen molar-refractivity contribution in [2.24, 2.45) is 5.92 Å². The summed E-state index contributed by atoms with van der Waals surface area (Å²) in [4.78, 5) is 41.1. The molecule has 2 aromatic rings. The van der Waals surface area contributed by atoms with E-state index >= 15 is 0 Å². The van der Waals surface area contributed by atoms with E-state index < -0.39 is 23.8 Å². The Hall–Kier alpha value is -3.35. The summed E-state index contributed by atoms with van der Waals surface area (Å²) in [6, 6.07) is 13.3. The second-order valence-electron chi connectivity index (χ2n) is 10.4. The summed E-state index contributed by atoms with van der Waals surface area (Å²) in [6.07, 6.45) is -0.260. The lowest BCUT2D eigenvalue weighted by molar-refractivity contribution is -0.139. The molecule has 2 rings (SSSR count). The summed E-state index contributed by atoms with van der Waals surface area (Å²) in [7, 11) is 1.59. The molecule has 7 heteroatoms. The summed E-state index contributed by atoms with van der Waals surface area (Å²) in [5.74, 6) is -0.569. The van der Waals surface area contributed by atoms with Crippen LogP contribution in [-0.4, -0.2) is 41.5 Å². The van der Waals surface area contributed by atoms with Crippen LogP contribution in [0.1, 0.15) is 63.8 Å². The number of alkyl carbamates (subject to hydrolysis) is 1. The maximum absolute atomic E-state index is 13.7. The van der Waals surface area contributed by atoms with Gasteiger partial charge in [-0.3, -0.25) is 9.59 Å². The second-order valence-corrected chi connectivity index (χ2v) is 10.4. The van der Waals surface area contributed by atoms with Gasteiger partial charge in [-0.05, 0) is 64.2 Å². The average Bonchev–Trinajstić information content (AvgIpc) is 2.74. The van der Waals surface area contributed by atoms with E-state index in [0.29, 0.717) is 17.7 Å². The number of carbonyl (C=O) groups is 3. The Morgan fingerprint density at radius 3 is 2.11 bits per heavy atom. The van der Waals surface area contributed by atoms with Gasteiger partial charge in [0.1, 0.15) is 17.7 Å². The van der Waals surface area contributed by atoms with Crippen molar-refractivity contribution in [1.29, 1.82) is 0 Å². The number of anilines is 1. The minimum absolute atomic E-state index is 0.130. The number of likely N-dealkylation sites (N-methyl/N-ethyl adjacent to an activating group) is 1. The third-order valence-electron chi connectivity index (χ3n) is 5.48. The number of ether oxygens (including phenoxy) is 1. The zero-order valence-electron chi connectivity index (χ0n) is 22.1. The van der Waals surface area contributed by atoms with Crippen LogP contribution in [-0.2, 0) is 14.3 Å². The quantitative estimate of drug-likeness (QED) is 0.530. The molecule has 2 unspecified atom stereocenters. The van der Waals surface area contributed by atoms with Crippen LogP contribution in [0.2, 0.25) is 0 Å². The van der Waals surface area contributed by atoms with E-state index in [-0.39, 0.29) is 17.7 Å². The lowest BCUT2D eigenvalue weighted by Crippen LogP contribution is -2.51. The minimum Gasteiger partial charge on any atom is -0.444 e. The van der Waals surface area contributed by atoms with Crippen LogP contribution in [0.25, 0.3) is 0 Å². The van der Waals surface area contributed by atoms with Gasteiger partial charge in [0.05, 0.1) is 0 Å². The summed E-state index contributed by atoms with van der Waals surface area (Å²) in [5.41, 5.74) is 2.63. The molecule has 2 N–H and O–H groups in total. The predicted molar refractivity (Wildman–Crippen MR) is 139 cm³/mol. The Balaban J connectivity index is 2.37. The third kappa shape index (κ3) is 8.42. The highest BCUT2D eigenvalue weighted by Gasteiger charge is 2.34. The molecule has 0 saturated carbocycles. The number of benzene rings is 2. The molecule has 2 atom stereocenters. The first kappa shape index (κ1) is 27.9. The van der Waals surface area contributed by atoms with Gasteiger partial charge < -0.3 is 20.3 Å². The van der Waals surface area contributed by atoms with E-state index in [0.717, 1.165) is 11.1 Å². The van der Waals surface area contributed by atoms with E-state index in [1.165, 1.54) is 4.90 Å². The monoisotopic (exact) mass is 481 g/mol. The van der Waals surface area contributed by atoms with Gasteiger partial charge >= 0.3 is 6.09 Å². The van der Waals surface area contributed by atoms with Crippen LogP contribution in [0, 0.1) is 19.8 Å². The van der Waals surface area contributed by atoms with Crippen molar-refractivity contribution in [3.8, 4) is 0 Å². The molecule has 0 bridgehead atoms. The van der Waals surface area contributed by atoms with Crippen molar-refractivity contribution < 1.29 is 19.1 Å². The Morgan fingerprint density at radius 2 is 1.57 bits per heavy atom. The number of rotatable bonds is 8. The molecular formula is C28H39N3O4. The maximum Gasteiger partial charge on any atom is 0.408 e.